The van der Waals surface area contributed by atoms with Crippen molar-refractivity contribution in [1.29, 1.82) is 0 Å². The Morgan fingerprint density at radius 1 is 0.318 bits per heavy atom. The second-order valence-corrected chi connectivity index (χ2v) is 16.5. The molecule has 0 saturated carbocycles. The summed E-state index contributed by atoms with van der Waals surface area (Å²) in [7, 11) is 0. The maximum Gasteiger partial charge on any atom is 0.256 e. The van der Waals surface area contributed by atoms with Gasteiger partial charge in [0.25, 0.3) is 23.6 Å². The van der Waals surface area contributed by atoms with Crippen LogP contribution in [-0.2, 0) is 0 Å². The Morgan fingerprint density at radius 3 is 0.894 bits per heavy atom. The van der Waals surface area contributed by atoms with Crippen molar-refractivity contribution in [2.45, 2.75) is 0 Å². The predicted octanol–water partition coefficient (Wildman–Crippen LogP) is 10.9. The molecule has 0 saturated heterocycles. The van der Waals surface area contributed by atoms with E-state index in [1.165, 1.54) is 133 Å². The molecule has 7 aromatic carbocycles. The fraction of sp³-hybridized carbons (Fsp3) is 0. The van der Waals surface area contributed by atoms with E-state index in [-0.39, 0.29) is 110 Å². The molecule has 0 spiro atoms. The fourth-order valence-electron chi connectivity index (χ4n) is 7.82. The van der Waals surface area contributed by atoms with Gasteiger partial charge in [-0.1, -0.05) is 107 Å². The maximum atomic E-state index is 14.2. The van der Waals surface area contributed by atoms with E-state index in [0.717, 1.165) is 0 Å². The highest BCUT2D eigenvalue weighted by Crippen LogP contribution is 2.38. The monoisotopic (exact) mass is 950 g/mol. The highest BCUT2D eigenvalue weighted by Gasteiger charge is 2.36. The normalized spacial score (nSPS) is 12.3. The van der Waals surface area contributed by atoms with E-state index < -0.39 is 46.8 Å². The van der Waals surface area contributed by atoms with Crippen LogP contribution >= 0.6 is 46.4 Å². The molecular formula is C50H26Cl4N4O8. The summed E-state index contributed by atoms with van der Waals surface area (Å²) >= 11 is 24.2. The van der Waals surface area contributed by atoms with Gasteiger partial charge in [0.2, 0.25) is 0 Å². The van der Waals surface area contributed by atoms with Gasteiger partial charge in [0.15, 0.2) is 23.1 Å². The molecule has 0 aliphatic heterocycles. The zero-order valence-corrected chi connectivity index (χ0v) is 36.5. The zero-order valence-electron chi connectivity index (χ0n) is 33.5. The van der Waals surface area contributed by atoms with Gasteiger partial charge in [-0.3, -0.25) is 38.4 Å². The lowest BCUT2D eigenvalue weighted by molar-refractivity contribution is 0.0975. The summed E-state index contributed by atoms with van der Waals surface area (Å²) in [6.45, 7) is 0. The van der Waals surface area contributed by atoms with E-state index in [2.05, 4.69) is 21.3 Å². The first-order chi connectivity index (χ1) is 31.7. The number of benzene rings is 7. The van der Waals surface area contributed by atoms with Crippen LogP contribution < -0.4 is 21.3 Å². The Hall–Kier alpha value is -7.74. The molecule has 12 nitrogen and oxygen atoms in total. The lowest BCUT2D eigenvalue weighted by Crippen LogP contribution is -2.27. The van der Waals surface area contributed by atoms with Crippen LogP contribution in [0.15, 0.2) is 133 Å². The number of rotatable bonds is 8. The highest BCUT2D eigenvalue weighted by molar-refractivity contribution is 6.43. The van der Waals surface area contributed by atoms with Crippen molar-refractivity contribution < 1.29 is 38.4 Å². The summed E-state index contributed by atoms with van der Waals surface area (Å²) in [5, 5.41) is 11.5. The first-order valence-electron chi connectivity index (χ1n) is 19.7. The van der Waals surface area contributed by atoms with Crippen LogP contribution in [0.5, 0.6) is 0 Å². The molecule has 0 aromatic heterocycles. The first-order valence-corrected chi connectivity index (χ1v) is 21.2. The van der Waals surface area contributed by atoms with Gasteiger partial charge in [-0.05, 0) is 72.8 Å². The summed E-state index contributed by atoms with van der Waals surface area (Å²) in [6, 6.07) is 31.8. The van der Waals surface area contributed by atoms with Crippen molar-refractivity contribution in [2.75, 3.05) is 21.3 Å². The van der Waals surface area contributed by atoms with Crippen molar-refractivity contribution >= 4 is 116 Å². The molecule has 0 unspecified atom stereocenters. The SMILES string of the molecule is O=C(Nc1cccc2c1C(=O)c1cccc(NC(=O)c3ccccc3C(=O)Nc3cccc4c3C(=O)c3cccc(NC(=O)c5ccc(Cl)c(Cl)c5)c3C4=O)c1C2=O)c1ccc(Cl)c(Cl)c1. The molecule has 2 aliphatic carbocycles. The van der Waals surface area contributed by atoms with Crippen LogP contribution in [0.4, 0.5) is 22.7 Å². The molecule has 322 valence electrons. The Labute approximate surface area is 393 Å². The molecule has 0 fully saturated rings. The van der Waals surface area contributed by atoms with Gasteiger partial charge >= 0.3 is 0 Å². The smallest absolute Gasteiger partial charge is 0.256 e. The van der Waals surface area contributed by atoms with E-state index in [0.29, 0.717) is 0 Å². The number of halogens is 4. The third kappa shape index (κ3) is 7.71. The van der Waals surface area contributed by atoms with Crippen molar-refractivity contribution in [3.05, 3.63) is 220 Å². The van der Waals surface area contributed by atoms with Gasteiger partial charge in [0.05, 0.1) is 76.2 Å². The van der Waals surface area contributed by atoms with E-state index in [9.17, 15) is 38.4 Å². The Balaban J connectivity index is 0.963. The van der Waals surface area contributed by atoms with Crippen molar-refractivity contribution in [2.24, 2.45) is 0 Å². The molecule has 66 heavy (non-hydrogen) atoms. The van der Waals surface area contributed by atoms with Gasteiger partial charge in [-0.25, -0.2) is 0 Å². The van der Waals surface area contributed by atoms with Crippen LogP contribution in [0.25, 0.3) is 0 Å². The minimum absolute atomic E-state index is 0.0191. The van der Waals surface area contributed by atoms with Crippen molar-refractivity contribution in [3.63, 3.8) is 0 Å². The minimum Gasteiger partial charge on any atom is -0.321 e. The number of anilines is 4. The lowest BCUT2D eigenvalue weighted by atomic mass is 9.82. The van der Waals surface area contributed by atoms with Crippen LogP contribution in [0.3, 0.4) is 0 Å². The van der Waals surface area contributed by atoms with Gasteiger partial charge in [-0.15, -0.1) is 0 Å². The van der Waals surface area contributed by atoms with Gasteiger partial charge in [0.1, 0.15) is 0 Å². The third-order valence-corrected chi connectivity index (χ3v) is 12.4. The third-order valence-electron chi connectivity index (χ3n) is 10.9. The number of carbonyl (C=O) groups is 8. The number of fused-ring (bicyclic) bond motifs is 4. The molecule has 9 rings (SSSR count). The maximum absolute atomic E-state index is 14.2. The van der Waals surface area contributed by atoms with E-state index in [1.54, 1.807) is 0 Å². The highest BCUT2D eigenvalue weighted by atomic mass is 35.5. The van der Waals surface area contributed by atoms with E-state index in [4.69, 9.17) is 46.4 Å². The Bertz CT molecular complexity index is 3170. The molecular weight excluding hydrogens is 926 g/mol. The summed E-state index contributed by atoms with van der Waals surface area (Å²) in [5.74, 6) is -5.23. The molecule has 4 N–H and O–H groups in total. The molecule has 16 heteroatoms. The van der Waals surface area contributed by atoms with Crippen LogP contribution in [0, 0.1) is 0 Å². The number of amides is 4. The fourth-order valence-corrected chi connectivity index (χ4v) is 8.42. The average molecular weight is 953 g/mol. The van der Waals surface area contributed by atoms with Gasteiger partial charge in [0, 0.05) is 33.4 Å². The number of hydrogen-bond acceptors (Lipinski definition) is 8. The molecule has 0 bridgehead atoms. The first kappa shape index (κ1) is 43.5. The van der Waals surface area contributed by atoms with Crippen molar-refractivity contribution in [1.82, 2.24) is 0 Å². The van der Waals surface area contributed by atoms with Crippen LogP contribution in [-0.4, -0.2) is 46.8 Å². The Morgan fingerprint density at radius 2 is 0.606 bits per heavy atom. The molecule has 4 amide bonds. The number of nitrogens with one attached hydrogen (secondary N) is 4. The quantitative estimate of drug-likeness (QED) is 0.116. The van der Waals surface area contributed by atoms with Crippen LogP contribution in [0.2, 0.25) is 20.1 Å². The summed E-state index contributed by atoms with van der Waals surface area (Å²) in [6.07, 6.45) is 0. The van der Waals surface area contributed by atoms with Gasteiger partial charge < -0.3 is 21.3 Å². The predicted molar refractivity (Wildman–Crippen MR) is 251 cm³/mol. The second-order valence-electron chi connectivity index (χ2n) is 14.8. The topological polar surface area (TPSA) is 185 Å². The average Bonchev–Trinajstić information content (AvgIpc) is 3.31. The zero-order chi connectivity index (χ0) is 46.6. The lowest BCUT2D eigenvalue weighted by Gasteiger charge is -2.23. The standard InChI is InChI=1S/C50H26Cl4N4O8/c51-31-19-17-23(21-33(31)53)47(63)55-35-13-3-9-27-39(35)43(59)29-11-5-15-37(41(29)45(27)61)57-49(65)25-7-1-2-8-26(25)50(66)58-38-16-6-12-30-42(38)46(62)28-10-4-14-36(40(28)44(30)60)56-48(64)24-18-20-32(52)34(54)22-24/h1-22H,(H,55,63)(H,56,64)(H,57,65)(H,58,66). The molecule has 7 aromatic rings. The Kier molecular flexibility index (Phi) is 11.4. The molecule has 2 aliphatic rings. The molecule has 0 radical (unpaired) electrons. The molecule has 0 atom stereocenters. The largest absolute Gasteiger partial charge is 0.321 e. The minimum atomic E-state index is -0.812. The van der Waals surface area contributed by atoms with E-state index in [1.807, 2.05) is 0 Å². The molecule has 0 heterocycles. The van der Waals surface area contributed by atoms with E-state index >= 15 is 0 Å². The summed E-state index contributed by atoms with van der Waals surface area (Å²) in [5.41, 5.74) is -0.246. The van der Waals surface area contributed by atoms with Crippen molar-refractivity contribution in [3.8, 4) is 0 Å². The number of ketones is 4. The van der Waals surface area contributed by atoms with Gasteiger partial charge in [-0.2, -0.15) is 0 Å². The number of carbonyl (C=O) groups excluding carboxylic acids is 8. The number of hydrogen-bond donors (Lipinski definition) is 4. The summed E-state index contributed by atoms with van der Waals surface area (Å²) in [4.78, 5) is 111. The van der Waals surface area contributed by atoms with Crippen LogP contribution in [0.1, 0.15) is 105 Å². The summed E-state index contributed by atoms with van der Waals surface area (Å²) < 4.78 is 0. The second kappa shape index (κ2) is 17.3.